The number of amides is 1. The van der Waals surface area contributed by atoms with Crippen molar-refractivity contribution in [2.45, 2.75) is 285 Å². The molecule has 3 aliphatic heterocycles. The molecule has 0 spiro atoms. The fraction of sp³-hybridized carbons (Fsp3) is 0.875. The maximum atomic E-state index is 13.2. The van der Waals surface area contributed by atoms with Crippen molar-refractivity contribution in [1.82, 2.24) is 5.32 Å². The molecule has 3 fully saturated rings. The first kappa shape index (κ1) is 67.3. The highest BCUT2D eigenvalue weighted by Crippen LogP contribution is 2.33. The standard InChI is InChI=1S/C56H101NO18/c1-3-5-7-9-11-13-15-16-17-18-19-20-21-22-24-25-27-29-31-33-40(61)39(57-44(62)34-32-30-28-26-23-14-12-10-8-6-4-2)38-70-54-50(68)47(65)52(42(36-59)72-54)75-56-51(69)48(66)53(43(37-60)73-56)74-55-49(67)46(64)45(63)41(35-58)71-55/h19-20,24-25,31,33,39-43,45-56,58-61,63-69H,3-18,21-23,26-30,32,34-38H2,1-2H3,(H,57,62)/b20-19+,25-24+,33-31+. The molecule has 12 N–H and O–H groups in total. The molecule has 0 aliphatic carbocycles. The number of ether oxygens (including phenoxy) is 6. The van der Waals surface area contributed by atoms with Gasteiger partial charge in [0.25, 0.3) is 0 Å². The lowest BCUT2D eigenvalue weighted by molar-refractivity contribution is -0.379. The molecule has 3 heterocycles. The highest BCUT2D eigenvalue weighted by molar-refractivity contribution is 5.76. The molecule has 0 aromatic rings. The Hall–Kier alpha value is -1.99. The Balaban J connectivity index is 1.54. The predicted octanol–water partition coefficient (Wildman–Crippen LogP) is 4.15. The molecule has 3 saturated heterocycles. The fourth-order valence-corrected chi connectivity index (χ4v) is 9.63. The molecule has 0 radical (unpaired) electrons. The van der Waals surface area contributed by atoms with Crippen LogP contribution in [0.15, 0.2) is 36.5 Å². The lowest BCUT2D eigenvalue weighted by Crippen LogP contribution is -2.66. The van der Waals surface area contributed by atoms with Crippen LogP contribution in [0.2, 0.25) is 0 Å². The molecule has 3 rings (SSSR count). The smallest absolute Gasteiger partial charge is 0.220 e. The van der Waals surface area contributed by atoms with E-state index in [4.69, 9.17) is 28.4 Å². The van der Waals surface area contributed by atoms with Gasteiger partial charge in [-0.1, -0.05) is 166 Å². The van der Waals surface area contributed by atoms with Crippen molar-refractivity contribution in [3.05, 3.63) is 36.5 Å². The largest absolute Gasteiger partial charge is 0.394 e. The summed E-state index contributed by atoms with van der Waals surface area (Å²) in [6.07, 6.45) is 14.3. The maximum Gasteiger partial charge on any atom is 0.220 e. The van der Waals surface area contributed by atoms with Gasteiger partial charge in [0.15, 0.2) is 18.9 Å². The second kappa shape index (κ2) is 40.2. The van der Waals surface area contributed by atoms with Crippen molar-refractivity contribution in [2.24, 2.45) is 0 Å². The van der Waals surface area contributed by atoms with E-state index in [9.17, 15) is 61.0 Å². The number of carbonyl (C=O) groups is 1. The van der Waals surface area contributed by atoms with Gasteiger partial charge in [-0.25, -0.2) is 0 Å². The van der Waals surface area contributed by atoms with Crippen LogP contribution in [0.25, 0.3) is 0 Å². The van der Waals surface area contributed by atoms with Gasteiger partial charge in [0.1, 0.15) is 73.2 Å². The zero-order valence-corrected chi connectivity index (χ0v) is 45.3. The van der Waals surface area contributed by atoms with Gasteiger partial charge in [-0.15, -0.1) is 0 Å². The normalized spacial score (nSPS) is 31.5. The number of aliphatic hydroxyl groups excluding tert-OH is 11. The van der Waals surface area contributed by atoms with Crippen molar-refractivity contribution in [2.75, 3.05) is 26.4 Å². The Morgan fingerprint density at radius 1 is 0.467 bits per heavy atom. The number of hydrogen-bond donors (Lipinski definition) is 12. The van der Waals surface area contributed by atoms with Crippen LogP contribution in [0.3, 0.4) is 0 Å². The molecule has 1 amide bonds. The van der Waals surface area contributed by atoms with Crippen LogP contribution < -0.4 is 5.32 Å². The molecular weight excluding hydrogens is 975 g/mol. The van der Waals surface area contributed by atoms with Gasteiger partial charge in [0.05, 0.1) is 38.6 Å². The van der Waals surface area contributed by atoms with Gasteiger partial charge < -0.3 is 89.9 Å². The van der Waals surface area contributed by atoms with Gasteiger partial charge in [-0.2, -0.15) is 0 Å². The topological polar surface area (TPSA) is 307 Å². The van der Waals surface area contributed by atoms with Crippen LogP contribution in [0.5, 0.6) is 0 Å². The first-order valence-electron chi connectivity index (χ1n) is 28.7. The number of unbranched alkanes of at least 4 members (excludes halogenated alkanes) is 21. The van der Waals surface area contributed by atoms with E-state index in [1.807, 2.05) is 6.08 Å². The van der Waals surface area contributed by atoms with Crippen molar-refractivity contribution in [3.63, 3.8) is 0 Å². The molecule has 75 heavy (non-hydrogen) atoms. The average Bonchev–Trinajstić information content (AvgIpc) is 3.41. The lowest BCUT2D eigenvalue weighted by atomic mass is 9.96. The molecular formula is C56H101NO18. The van der Waals surface area contributed by atoms with Gasteiger partial charge in [0, 0.05) is 6.42 Å². The van der Waals surface area contributed by atoms with Gasteiger partial charge in [-0.05, 0) is 44.9 Å². The molecule has 17 unspecified atom stereocenters. The monoisotopic (exact) mass is 1080 g/mol. The Kier molecular flexibility index (Phi) is 36.1. The summed E-state index contributed by atoms with van der Waals surface area (Å²) in [6, 6.07) is -0.991. The van der Waals surface area contributed by atoms with E-state index < -0.39 is 124 Å². The number of aliphatic hydroxyl groups is 11. The molecule has 0 aromatic carbocycles. The minimum absolute atomic E-state index is 0.234. The van der Waals surface area contributed by atoms with Crippen molar-refractivity contribution in [3.8, 4) is 0 Å². The van der Waals surface area contributed by atoms with E-state index in [1.165, 1.54) is 103 Å². The summed E-state index contributed by atoms with van der Waals surface area (Å²) in [5, 5.41) is 120. The van der Waals surface area contributed by atoms with E-state index >= 15 is 0 Å². The first-order valence-corrected chi connectivity index (χ1v) is 28.7. The Morgan fingerprint density at radius 2 is 0.853 bits per heavy atom. The van der Waals surface area contributed by atoms with Crippen molar-refractivity contribution < 1.29 is 89.4 Å². The van der Waals surface area contributed by atoms with Crippen LogP contribution in [0, 0.1) is 0 Å². The van der Waals surface area contributed by atoms with Crippen molar-refractivity contribution >= 4 is 5.91 Å². The molecule has 438 valence electrons. The summed E-state index contributed by atoms with van der Waals surface area (Å²) in [6.45, 7) is 1.66. The number of allylic oxidation sites excluding steroid dienone is 5. The maximum absolute atomic E-state index is 13.2. The first-order chi connectivity index (χ1) is 36.3. The zero-order chi connectivity index (χ0) is 54.8. The summed E-state index contributed by atoms with van der Waals surface area (Å²) >= 11 is 0. The molecule has 3 aliphatic rings. The number of nitrogens with one attached hydrogen (secondary N) is 1. The average molecular weight is 1080 g/mol. The van der Waals surface area contributed by atoms with E-state index in [2.05, 4.69) is 43.5 Å². The van der Waals surface area contributed by atoms with Crippen LogP contribution in [0.4, 0.5) is 0 Å². The van der Waals surface area contributed by atoms with Crippen LogP contribution in [0.1, 0.15) is 181 Å². The fourth-order valence-electron chi connectivity index (χ4n) is 9.63. The molecule has 19 heteroatoms. The van der Waals surface area contributed by atoms with E-state index in [0.717, 1.165) is 44.9 Å². The third kappa shape index (κ3) is 24.9. The number of carbonyl (C=O) groups excluding carboxylic acids is 1. The Bertz CT molecular complexity index is 1520. The quantitative estimate of drug-likeness (QED) is 0.0302. The van der Waals surface area contributed by atoms with Crippen LogP contribution in [-0.4, -0.2) is 193 Å². The molecule has 0 saturated carbocycles. The SMILES string of the molecule is CCCCCCCCCCC/C=C/CC/C=C/CC/C=C/C(O)C(COC1OC(CO)C(OC2OC(CO)C(OC3OC(CO)C(O)C(O)C3O)C(O)C2O)C(O)C1O)NC(=O)CCCCCCCCCCCCC. The second-order valence-electron chi connectivity index (χ2n) is 20.7. The van der Waals surface area contributed by atoms with Crippen molar-refractivity contribution in [1.29, 1.82) is 0 Å². The predicted molar refractivity (Wildman–Crippen MR) is 282 cm³/mol. The van der Waals surface area contributed by atoms with Gasteiger partial charge in [0.2, 0.25) is 5.91 Å². The molecule has 0 bridgehead atoms. The zero-order valence-electron chi connectivity index (χ0n) is 45.3. The van der Waals surface area contributed by atoms with Gasteiger partial charge >= 0.3 is 0 Å². The van der Waals surface area contributed by atoms with Gasteiger partial charge in [-0.3, -0.25) is 4.79 Å². The van der Waals surface area contributed by atoms with E-state index in [0.29, 0.717) is 12.8 Å². The number of hydrogen-bond acceptors (Lipinski definition) is 18. The highest BCUT2D eigenvalue weighted by atomic mass is 16.8. The summed E-state index contributed by atoms with van der Waals surface area (Å²) in [7, 11) is 0. The summed E-state index contributed by atoms with van der Waals surface area (Å²) in [4.78, 5) is 13.2. The summed E-state index contributed by atoms with van der Waals surface area (Å²) in [5.74, 6) is -0.292. The second-order valence-corrected chi connectivity index (χ2v) is 20.7. The van der Waals surface area contributed by atoms with Crippen LogP contribution >= 0.6 is 0 Å². The lowest BCUT2D eigenvalue weighted by Gasteiger charge is -2.48. The molecule has 17 atom stereocenters. The Morgan fingerprint density at radius 3 is 1.33 bits per heavy atom. The Labute approximate surface area is 447 Å². The molecule has 19 nitrogen and oxygen atoms in total. The van der Waals surface area contributed by atoms with Crippen LogP contribution in [-0.2, 0) is 33.2 Å². The summed E-state index contributed by atoms with van der Waals surface area (Å²) < 4.78 is 34.1. The third-order valence-electron chi connectivity index (χ3n) is 14.4. The third-order valence-corrected chi connectivity index (χ3v) is 14.4. The van der Waals surface area contributed by atoms with E-state index in [-0.39, 0.29) is 18.9 Å². The summed E-state index contributed by atoms with van der Waals surface area (Å²) in [5.41, 5.74) is 0. The van der Waals surface area contributed by atoms with E-state index in [1.54, 1.807) is 6.08 Å². The molecule has 0 aromatic heterocycles. The minimum atomic E-state index is -1.98. The minimum Gasteiger partial charge on any atom is -0.394 e. The highest BCUT2D eigenvalue weighted by Gasteiger charge is 2.53. The number of rotatable bonds is 41.